The van der Waals surface area contributed by atoms with Gasteiger partial charge < -0.3 is 5.73 Å². The maximum absolute atomic E-state index is 5.89. The predicted molar refractivity (Wildman–Crippen MR) is 46.9 cm³/mol. The topological polar surface area (TPSA) is 26.0 Å². The minimum Gasteiger partial charge on any atom is -0.327 e. The molecule has 0 heterocycles. The van der Waals surface area contributed by atoms with Crippen molar-refractivity contribution in [2.45, 2.75) is 46.6 Å². The summed E-state index contributed by atoms with van der Waals surface area (Å²) < 4.78 is 0. The van der Waals surface area contributed by atoms with Gasteiger partial charge in [-0.05, 0) is 18.3 Å². The molecule has 2 atom stereocenters. The molecule has 0 bridgehead atoms. The van der Waals surface area contributed by atoms with E-state index in [1.165, 1.54) is 12.8 Å². The molecule has 0 amide bonds. The minimum absolute atomic E-state index is 0.398. The Balaban J connectivity index is 3.46. The molecule has 1 heteroatoms. The molecule has 1 nitrogen and oxygen atoms in total. The van der Waals surface area contributed by atoms with Gasteiger partial charge in [-0.1, -0.05) is 34.1 Å². The van der Waals surface area contributed by atoms with Gasteiger partial charge in [0.15, 0.2) is 0 Å². The molecule has 0 fully saturated rings. The van der Waals surface area contributed by atoms with E-state index in [0.29, 0.717) is 12.0 Å². The lowest BCUT2D eigenvalue weighted by Crippen LogP contribution is -2.28. The smallest absolute Gasteiger partial charge is 0.00644 e. The van der Waals surface area contributed by atoms with Crippen LogP contribution in [0.25, 0.3) is 0 Å². The molecule has 0 rings (SSSR count). The molecule has 0 aromatic carbocycles. The monoisotopic (exact) mass is 143 g/mol. The molecule has 0 aliphatic heterocycles. The fraction of sp³-hybridized carbons (Fsp3) is 1.00. The van der Waals surface area contributed by atoms with Crippen LogP contribution in [-0.2, 0) is 0 Å². The van der Waals surface area contributed by atoms with E-state index in [9.17, 15) is 0 Å². The zero-order valence-corrected chi connectivity index (χ0v) is 7.72. The van der Waals surface area contributed by atoms with Crippen molar-refractivity contribution in [3.63, 3.8) is 0 Å². The maximum atomic E-state index is 5.89. The first kappa shape index (κ1) is 9.96. The Morgan fingerprint density at radius 2 is 1.70 bits per heavy atom. The molecule has 0 aliphatic carbocycles. The van der Waals surface area contributed by atoms with E-state index in [-0.39, 0.29) is 0 Å². The zero-order valence-electron chi connectivity index (χ0n) is 7.72. The van der Waals surface area contributed by atoms with Gasteiger partial charge in [0.25, 0.3) is 0 Å². The zero-order chi connectivity index (χ0) is 8.15. The van der Waals surface area contributed by atoms with Gasteiger partial charge >= 0.3 is 0 Å². The van der Waals surface area contributed by atoms with Crippen LogP contribution < -0.4 is 5.73 Å². The van der Waals surface area contributed by atoms with Crippen molar-refractivity contribution in [3.05, 3.63) is 0 Å². The fourth-order valence-electron chi connectivity index (χ4n) is 0.903. The lowest BCUT2D eigenvalue weighted by molar-refractivity contribution is 0.383. The third-order valence-corrected chi connectivity index (χ3v) is 2.23. The largest absolute Gasteiger partial charge is 0.327 e. The highest BCUT2D eigenvalue weighted by Gasteiger charge is 2.10. The van der Waals surface area contributed by atoms with Crippen LogP contribution in [0.5, 0.6) is 0 Å². The van der Waals surface area contributed by atoms with Gasteiger partial charge in [-0.2, -0.15) is 0 Å². The first-order valence-corrected chi connectivity index (χ1v) is 4.33. The van der Waals surface area contributed by atoms with E-state index >= 15 is 0 Å². The Morgan fingerprint density at radius 1 is 1.20 bits per heavy atom. The average molecular weight is 143 g/mol. The normalized spacial score (nSPS) is 17.4. The Kier molecular flexibility index (Phi) is 4.71. The summed E-state index contributed by atoms with van der Waals surface area (Å²) in [6.07, 6.45) is 2.43. The second-order valence-corrected chi connectivity index (χ2v) is 3.66. The molecule has 2 unspecified atom stereocenters. The van der Waals surface area contributed by atoms with E-state index in [0.717, 1.165) is 5.92 Å². The van der Waals surface area contributed by atoms with Crippen molar-refractivity contribution in [2.24, 2.45) is 17.6 Å². The molecular weight excluding hydrogens is 122 g/mol. The van der Waals surface area contributed by atoms with Crippen LogP contribution in [0.2, 0.25) is 0 Å². The van der Waals surface area contributed by atoms with Gasteiger partial charge in [0.05, 0.1) is 0 Å². The van der Waals surface area contributed by atoms with E-state index in [1.807, 2.05) is 0 Å². The summed E-state index contributed by atoms with van der Waals surface area (Å²) >= 11 is 0. The van der Waals surface area contributed by atoms with E-state index < -0.39 is 0 Å². The average Bonchev–Trinajstić information content (AvgIpc) is 1.87. The summed E-state index contributed by atoms with van der Waals surface area (Å²) in [5, 5.41) is 0. The van der Waals surface area contributed by atoms with Crippen LogP contribution in [0.1, 0.15) is 40.5 Å². The summed E-state index contributed by atoms with van der Waals surface area (Å²) in [4.78, 5) is 0. The Bertz CT molecular complexity index is 78.8. The molecule has 0 saturated carbocycles. The number of hydrogen-bond donors (Lipinski definition) is 1. The van der Waals surface area contributed by atoms with Gasteiger partial charge in [0, 0.05) is 6.04 Å². The van der Waals surface area contributed by atoms with Crippen molar-refractivity contribution >= 4 is 0 Å². The van der Waals surface area contributed by atoms with Gasteiger partial charge in [-0.3, -0.25) is 0 Å². The third kappa shape index (κ3) is 3.89. The predicted octanol–water partition coefficient (Wildman–Crippen LogP) is 2.41. The highest BCUT2D eigenvalue weighted by Crippen LogP contribution is 2.13. The van der Waals surface area contributed by atoms with Gasteiger partial charge in [-0.25, -0.2) is 0 Å². The second kappa shape index (κ2) is 4.73. The lowest BCUT2D eigenvalue weighted by Gasteiger charge is -2.18. The second-order valence-electron chi connectivity index (χ2n) is 3.66. The van der Waals surface area contributed by atoms with Crippen molar-refractivity contribution in [1.82, 2.24) is 0 Å². The summed E-state index contributed by atoms with van der Waals surface area (Å²) in [6, 6.07) is 0.398. The van der Waals surface area contributed by atoms with E-state index in [1.54, 1.807) is 0 Å². The molecule has 62 valence electrons. The molecule has 0 aromatic rings. The third-order valence-electron chi connectivity index (χ3n) is 2.23. The summed E-state index contributed by atoms with van der Waals surface area (Å²) in [5.74, 6) is 1.42. The van der Waals surface area contributed by atoms with Crippen LogP contribution in [-0.4, -0.2) is 6.04 Å². The molecule has 0 aliphatic rings. The SMILES string of the molecule is CCC(C)CC(N)C(C)C. The highest BCUT2D eigenvalue weighted by atomic mass is 14.6. The molecule has 0 saturated heterocycles. The highest BCUT2D eigenvalue weighted by molar-refractivity contribution is 4.67. The Labute approximate surface area is 65.0 Å². The molecule has 10 heavy (non-hydrogen) atoms. The van der Waals surface area contributed by atoms with Crippen molar-refractivity contribution in [1.29, 1.82) is 0 Å². The standard InChI is InChI=1S/C9H21N/c1-5-8(4)6-9(10)7(2)3/h7-9H,5-6,10H2,1-4H3. The fourth-order valence-corrected chi connectivity index (χ4v) is 0.903. The molecule has 2 N–H and O–H groups in total. The van der Waals surface area contributed by atoms with Gasteiger partial charge in [-0.15, -0.1) is 0 Å². The molecule has 0 aromatic heterocycles. The first-order valence-electron chi connectivity index (χ1n) is 4.33. The van der Waals surface area contributed by atoms with E-state index in [4.69, 9.17) is 5.73 Å². The van der Waals surface area contributed by atoms with Crippen molar-refractivity contribution < 1.29 is 0 Å². The van der Waals surface area contributed by atoms with Crippen LogP contribution in [0.4, 0.5) is 0 Å². The van der Waals surface area contributed by atoms with Crippen LogP contribution >= 0.6 is 0 Å². The van der Waals surface area contributed by atoms with Gasteiger partial charge in [0.2, 0.25) is 0 Å². The maximum Gasteiger partial charge on any atom is 0.00644 e. The summed E-state index contributed by atoms with van der Waals surface area (Å²) in [7, 11) is 0. The van der Waals surface area contributed by atoms with Crippen LogP contribution in [0, 0.1) is 11.8 Å². The summed E-state index contributed by atoms with van der Waals surface area (Å²) in [6.45, 7) is 8.86. The summed E-state index contributed by atoms with van der Waals surface area (Å²) in [5.41, 5.74) is 5.89. The quantitative estimate of drug-likeness (QED) is 0.642. The van der Waals surface area contributed by atoms with Crippen molar-refractivity contribution in [2.75, 3.05) is 0 Å². The van der Waals surface area contributed by atoms with Crippen LogP contribution in [0.15, 0.2) is 0 Å². The molecular formula is C9H21N. The minimum atomic E-state index is 0.398. The number of hydrogen-bond acceptors (Lipinski definition) is 1. The molecule has 0 radical (unpaired) electrons. The van der Waals surface area contributed by atoms with E-state index in [2.05, 4.69) is 27.7 Å². The molecule has 0 spiro atoms. The Hall–Kier alpha value is -0.0400. The number of rotatable bonds is 4. The Morgan fingerprint density at radius 3 is 2.00 bits per heavy atom. The number of nitrogens with two attached hydrogens (primary N) is 1. The van der Waals surface area contributed by atoms with Crippen molar-refractivity contribution in [3.8, 4) is 0 Å². The first-order chi connectivity index (χ1) is 4.57. The lowest BCUT2D eigenvalue weighted by atomic mass is 9.93. The van der Waals surface area contributed by atoms with Gasteiger partial charge in [0.1, 0.15) is 0 Å². The van der Waals surface area contributed by atoms with Crippen LogP contribution in [0.3, 0.4) is 0 Å².